The monoisotopic (exact) mass is 281 g/mol. The zero-order valence-corrected chi connectivity index (χ0v) is 10.7. The highest BCUT2D eigenvalue weighted by molar-refractivity contribution is 5.70. The summed E-state index contributed by atoms with van der Waals surface area (Å²) in [5.74, 6) is -0.0526. The molecule has 4 unspecified atom stereocenters. The van der Waals surface area contributed by atoms with Crippen molar-refractivity contribution < 1.29 is 14.9 Å². The van der Waals surface area contributed by atoms with Crippen LogP contribution in [-0.2, 0) is 4.74 Å². The van der Waals surface area contributed by atoms with Crippen molar-refractivity contribution in [3.63, 3.8) is 0 Å². The molecule has 0 spiro atoms. The van der Waals surface area contributed by atoms with Gasteiger partial charge in [0.25, 0.3) is 5.56 Å². The molecule has 1 fully saturated rings. The van der Waals surface area contributed by atoms with Gasteiger partial charge in [0.05, 0.1) is 18.5 Å². The Hall–Kier alpha value is -1.97. The number of fused-ring (bicyclic) bond motifs is 1. The number of aromatic nitrogens is 4. The van der Waals surface area contributed by atoms with E-state index >= 15 is 0 Å². The predicted molar refractivity (Wildman–Crippen MR) is 68.8 cm³/mol. The zero-order chi connectivity index (χ0) is 14.4. The summed E-state index contributed by atoms with van der Waals surface area (Å²) >= 11 is 0. The first kappa shape index (κ1) is 13.0. The number of nitrogen functional groups attached to an aromatic ring is 1. The minimum atomic E-state index is -1.13. The van der Waals surface area contributed by atoms with E-state index < -0.39 is 24.0 Å². The zero-order valence-electron chi connectivity index (χ0n) is 10.7. The van der Waals surface area contributed by atoms with Crippen molar-refractivity contribution in [2.24, 2.45) is 0 Å². The second-order valence-electron chi connectivity index (χ2n) is 4.91. The molecule has 3 rings (SSSR count). The van der Waals surface area contributed by atoms with Gasteiger partial charge in [-0.2, -0.15) is 4.98 Å². The lowest BCUT2D eigenvalue weighted by Gasteiger charge is -2.36. The van der Waals surface area contributed by atoms with Gasteiger partial charge < -0.3 is 20.7 Å². The largest absolute Gasteiger partial charge is 0.390 e. The summed E-state index contributed by atoms with van der Waals surface area (Å²) in [6, 6.07) is 0. The van der Waals surface area contributed by atoms with Crippen LogP contribution in [0.2, 0.25) is 0 Å². The lowest BCUT2D eigenvalue weighted by atomic mass is 10.0. The molecule has 3 heterocycles. The summed E-state index contributed by atoms with van der Waals surface area (Å²) in [4.78, 5) is 22.0. The Labute approximate surface area is 113 Å². The topological polar surface area (TPSA) is 139 Å². The third-order valence-corrected chi connectivity index (χ3v) is 3.36. The van der Waals surface area contributed by atoms with Crippen molar-refractivity contribution in [2.45, 2.75) is 37.9 Å². The molecule has 2 aromatic rings. The number of imidazole rings is 1. The lowest BCUT2D eigenvalue weighted by molar-refractivity contribution is -0.192. The van der Waals surface area contributed by atoms with Gasteiger partial charge in [-0.15, -0.1) is 0 Å². The molecule has 1 aliphatic rings. The molecule has 108 valence electrons. The van der Waals surface area contributed by atoms with E-state index in [1.54, 1.807) is 6.92 Å². The average Bonchev–Trinajstić information content (AvgIpc) is 2.77. The molecule has 1 saturated heterocycles. The van der Waals surface area contributed by atoms with Gasteiger partial charge >= 0.3 is 0 Å². The number of hydrogen-bond acceptors (Lipinski definition) is 7. The third-order valence-electron chi connectivity index (χ3n) is 3.36. The molecular weight excluding hydrogens is 266 g/mol. The maximum atomic E-state index is 11.7. The number of aliphatic hydroxyl groups excluding tert-OH is 2. The molecule has 0 aliphatic carbocycles. The van der Waals surface area contributed by atoms with Crippen LogP contribution >= 0.6 is 0 Å². The standard InChI is InChI=1S/C11H15N5O4/c1-4-2-5(17)7(18)10(20-4)16-3-13-6-8(16)14-11(12)15-9(6)19/h3-5,7,10,17-18H,2H2,1H3,(H3,12,14,15,19). The second kappa shape index (κ2) is 4.54. The molecule has 9 heteroatoms. The first-order chi connectivity index (χ1) is 9.47. The quantitative estimate of drug-likeness (QED) is 0.511. The number of anilines is 1. The van der Waals surface area contributed by atoms with E-state index in [4.69, 9.17) is 10.5 Å². The van der Waals surface area contributed by atoms with E-state index in [-0.39, 0.29) is 23.2 Å². The van der Waals surface area contributed by atoms with Crippen LogP contribution in [0.1, 0.15) is 19.6 Å². The Morgan fingerprint density at radius 2 is 2.30 bits per heavy atom. The van der Waals surface area contributed by atoms with Gasteiger partial charge in [-0.25, -0.2) is 4.98 Å². The van der Waals surface area contributed by atoms with Crippen LogP contribution in [0.15, 0.2) is 11.1 Å². The van der Waals surface area contributed by atoms with Crippen molar-refractivity contribution in [2.75, 3.05) is 5.73 Å². The Balaban J connectivity index is 2.12. The molecule has 0 aromatic carbocycles. The summed E-state index contributed by atoms with van der Waals surface area (Å²) < 4.78 is 7.03. The van der Waals surface area contributed by atoms with E-state index in [1.165, 1.54) is 10.9 Å². The highest BCUT2D eigenvalue weighted by atomic mass is 16.5. The molecule has 0 bridgehead atoms. The maximum absolute atomic E-state index is 11.7. The maximum Gasteiger partial charge on any atom is 0.280 e. The van der Waals surface area contributed by atoms with Crippen LogP contribution in [0.4, 0.5) is 5.95 Å². The van der Waals surface area contributed by atoms with Gasteiger partial charge in [-0.1, -0.05) is 0 Å². The summed E-state index contributed by atoms with van der Waals surface area (Å²) in [6.45, 7) is 1.79. The Morgan fingerprint density at radius 3 is 3.05 bits per heavy atom. The normalized spacial score (nSPS) is 30.8. The van der Waals surface area contributed by atoms with Crippen molar-refractivity contribution in [3.8, 4) is 0 Å². The first-order valence-corrected chi connectivity index (χ1v) is 6.21. The number of nitrogens with zero attached hydrogens (tertiary/aromatic N) is 3. The predicted octanol–water partition coefficient (Wildman–Crippen LogP) is -1.27. The number of nitrogens with one attached hydrogen (secondary N) is 1. The Kier molecular flexibility index (Phi) is 2.96. The molecule has 4 atom stereocenters. The molecule has 1 aliphatic heterocycles. The summed E-state index contributed by atoms with van der Waals surface area (Å²) in [6.07, 6.45) is -1.49. The van der Waals surface area contributed by atoms with Gasteiger partial charge in [0, 0.05) is 6.42 Å². The highest BCUT2D eigenvalue weighted by Gasteiger charge is 2.37. The van der Waals surface area contributed by atoms with Crippen LogP contribution in [0.25, 0.3) is 11.2 Å². The summed E-state index contributed by atoms with van der Waals surface area (Å²) in [5, 5.41) is 19.9. The molecule has 0 saturated carbocycles. The van der Waals surface area contributed by atoms with Crippen molar-refractivity contribution in [1.29, 1.82) is 0 Å². The number of ether oxygens (including phenoxy) is 1. The minimum Gasteiger partial charge on any atom is -0.390 e. The van der Waals surface area contributed by atoms with Crippen LogP contribution < -0.4 is 11.3 Å². The fraction of sp³-hybridized carbons (Fsp3) is 0.545. The number of hydrogen-bond donors (Lipinski definition) is 4. The smallest absolute Gasteiger partial charge is 0.280 e. The number of aromatic amines is 1. The van der Waals surface area contributed by atoms with Gasteiger partial charge in [0.1, 0.15) is 6.10 Å². The van der Waals surface area contributed by atoms with Gasteiger partial charge in [-0.3, -0.25) is 14.3 Å². The van der Waals surface area contributed by atoms with Gasteiger partial charge in [-0.05, 0) is 6.92 Å². The van der Waals surface area contributed by atoms with E-state index in [0.717, 1.165) is 0 Å². The molecule has 20 heavy (non-hydrogen) atoms. The third kappa shape index (κ3) is 1.96. The molecule has 9 nitrogen and oxygen atoms in total. The molecule has 0 amide bonds. The molecule has 0 radical (unpaired) electrons. The van der Waals surface area contributed by atoms with E-state index in [0.29, 0.717) is 6.42 Å². The second-order valence-corrected chi connectivity index (χ2v) is 4.91. The lowest BCUT2D eigenvalue weighted by Crippen LogP contribution is -2.44. The number of rotatable bonds is 1. The average molecular weight is 281 g/mol. The SMILES string of the molecule is CC1CC(O)C(O)C(n2cnc3c(=O)[nH]c(N)nc32)O1. The molecule has 2 aromatic heterocycles. The molecule has 5 N–H and O–H groups in total. The fourth-order valence-electron chi connectivity index (χ4n) is 2.40. The Morgan fingerprint density at radius 1 is 1.55 bits per heavy atom. The van der Waals surface area contributed by atoms with Crippen LogP contribution in [0.5, 0.6) is 0 Å². The van der Waals surface area contributed by atoms with Crippen LogP contribution in [0.3, 0.4) is 0 Å². The Bertz CT molecular complexity index is 696. The van der Waals surface area contributed by atoms with Crippen molar-refractivity contribution in [1.82, 2.24) is 19.5 Å². The van der Waals surface area contributed by atoms with E-state index in [2.05, 4.69) is 15.0 Å². The van der Waals surface area contributed by atoms with Crippen molar-refractivity contribution >= 4 is 17.1 Å². The van der Waals surface area contributed by atoms with Crippen molar-refractivity contribution in [3.05, 3.63) is 16.7 Å². The summed E-state index contributed by atoms with van der Waals surface area (Å²) in [5.41, 5.74) is 5.35. The summed E-state index contributed by atoms with van der Waals surface area (Å²) in [7, 11) is 0. The van der Waals surface area contributed by atoms with E-state index in [9.17, 15) is 15.0 Å². The number of nitrogens with two attached hydrogens (primary N) is 1. The van der Waals surface area contributed by atoms with Gasteiger partial charge in [0.15, 0.2) is 17.4 Å². The van der Waals surface area contributed by atoms with Gasteiger partial charge in [0.2, 0.25) is 5.95 Å². The first-order valence-electron chi connectivity index (χ1n) is 6.21. The highest BCUT2D eigenvalue weighted by Crippen LogP contribution is 2.29. The fourth-order valence-corrected chi connectivity index (χ4v) is 2.40. The minimum absolute atomic E-state index is 0.0526. The number of aliphatic hydroxyl groups is 2. The van der Waals surface area contributed by atoms with Crippen LogP contribution in [-0.4, -0.2) is 48.0 Å². The van der Waals surface area contributed by atoms with E-state index in [1.807, 2.05) is 0 Å². The molecular formula is C11H15N5O4. The van der Waals surface area contributed by atoms with Crippen LogP contribution in [0, 0.1) is 0 Å². The number of H-pyrrole nitrogens is 1.